The Hall–Kier alpha value is -1.21. The lowest BCUT2D eigenvalue weighted by atomic mass is 10.1. The average Bonchev–Trinajstić information content (AvgIpc) is 2.83. The highest BCUT2D eigenvalue weighted by Crippen LogP contribution is 2.28. The number of aliphatic hydroxyl groups excluding tert-OH is 1. The van der Waals surface area contributed by atoms with Gasteiger partial charge in [0.25, 0.3) is 0 Å². The minimum atomic E-state index is -0.442. The molecular formula is C9H13N3O3S. The number of anilines is 1. The predicted octanol–water partition coefficient (Wildman–Crippen LogP) is 1.62. The summed E-state index contributed by atoms with van der Waals surface area (Å²) in [5.41, 5.74) is 0. The Morgan fingerprint density at radius 3 is 3.06 bits per heavy atom. The van der Waals surface area contributed by atoms with Gasteiger partial charge in [-0.25, -0.2) is 4.98 Å². The van der Waals surface area contributed by atoms with Crippen LogP contribution in [0.3, 0.4) is 0 Å². The molecule has 0 aliphatic heterocycles. The third-order valence-corrected chi connectivity index (χ3v) is 3.64. The van der Waals surface area contributed by atoms with Crippen LogP contribution in [0.25, 0.3) is 0 Å². The fourth-order valence-corrected chi connectivity index (χ4v) is 2.54. The molecule has 0 aromatic carbocycles. The van der Waals surface area contributed by atoms with Gasteiger partial charge >= 0.3 is 5.00 Å². The van der Waals surface area contributed by atoms with Crippen molar-refractivity contribution in [1.82, 2.24) is 4.98 Å². The molecule has 2 unspecified atom stereocenters. The normalized spacial score (nSPS) is 24.6. The zero-order chi connectivity index (χ0) is 11.5. The Morgan fingerprint density at radius 1 is 1.69 bits per heavy atom. The SMILES string of the molecule is O=[N+]([O-])c1cnc(NCC2CCC(O)C2)s1. The van der Waals surface area contributed by atoms with E-state index in [1.807, 2.05) is 0 Å². The van der Waals surface area contributed by atoms with E-state index in [9.17, 15) is 15.2 Å². The molecule has 1 saturated carbocycles. The first-order chi connectivity index (χ1) is 7.65. The molecule has 1 aromatic heterocycles. The molecule has 1 aromatic rings. The van der Waals surface area contributed by atoms with Crippen LogP contribution >= 0.6 is 11.3 Å². The number of aromatic nitrogens is 1. The van der Waals surface area contributed by atoms with Crippen LogP contribution in [-0.4, -0.2) is 27.7 Å². The molecule has 1 heterocycles. The van der Waals surface area contributed by atoms with Gasteiger partial charge in [0.2, 0.25) is 0 Å². The summed E-state index contributed by atoms with van der Waals surface area (Å²) in [5.74, 6) is 0.443. The molecule has 16 heavy (non-hydrogen) atoms. The largest absolute Gasteiger partial charge is 0.393 e. The van der Waals surface area contributed by atoms with Crippen LogP contribution in [0.4, 0.5) is 10.1 Å². The first kappa shape index (κ1) is 11.3. The molecule has 1 aliphatic carbocycles. The van der Waals surface area contributed by atoms with E-state index in [0.29, 0.717) is 11.0 Å². The van der Waals surface area contributed by atoms with Crippen LogP contribution in [-0.2, 0) is 0 Å². The average molecular weight is 243 g/mol. The quantitative estimate of drug-likeness (QED) is 0.619. The number of nitrogens with one attached hydrogen (secondary N) is 1. The standard InChI is InChI=1S/C9H13N3O3S/c13-7-2-1-6(3-7)4-10-9-11-5-8(16-9)12(14)15/h5-7,13H,1-4H2,(H,10,11). The van der Waals surface area contributed by atoms with Crippen LogP contribution < -0.4 is 5.32 Å². The summed E-state index contributed by atoms with van der Waals surface area (Å²) in [5, 5.41) is 23.5. The zero-order valence-corrected chi connectivity index (χ0v) is 9.44. The number of aliphatic hydroxyl groups is 1. The van der Waals surface area contributed by atoms with E-state index in [1.54, 1.807) is 0 Å². The van der Waals surface area contributed by atoms with Crippen molar-refractivity contribution in [3.8, 4) is 0 Å². The van der Waals surface area contributed by atoms with Crippen molar-refractivity contribution in [2.45, 2.75) is 25.4 Å². The van der Waals surface area contributed by atoms with Gasteiger partial charge in [-0.3, -0.25) is 10.1 Å². The number of nitro groups is 1. The molecule has 0 bridgehead atoms. The van der Waals surface area contributed by atoms with Crippen LogP contribution in [0.5, 0.6) is 0 Å². The summed E-state index contributed by atoms with van der Waals surface area (Å²) in [6.45, 7) is 0.724. The molecule has 0 amide bonds. The van der Waals surface area contributed by atoms with Crippen molar-refractivity contribution in [2.24, 2.45) is 5.92 Å². The molecule has 0 saturated heterocycles. The molecule has 1 aliphatic rings. The smallest absolute Gasteiger partial charge is 0.345 e. The maximum Gasteiger partial charge on any atom is 0.345 e. The van der Waals surface area contributed by atoms with Crippen molar-refractivity contribution < 1.29 is 10.0 Å². The van der Waals surface area contributed by atoms with E-state index < -0.39 is 4.92 Å². The Balaban J connectivity index is 1.83. The molecule has 0 spiro atoms. The summed E-state index contributed by atoms with van der Waals surface area (Å²) in [4.78, 5) is 13.9. The summed E-state index contributed by atoms with van der Waals surface area (Å²) >= 11 is 1.04. The van der Waals surface area contributed by atoms with E-state index in [4.69, 9.17) is 0 Å². The number of hydrogen-bond acceptors (Lipinski definition) is 6. The number of rotatable bonds is 4. The Morgan fingerprint density at radius 2 is 2.50 bits per heavy atom. The van der Waals surface area contributed by atoms with Gasteiger partial charge in [0, 0.05) is 6.54 Å². The second kappa shape index (κ2) is 4.75. The van der Waals surface area contributed by atoms with Crippen molar-refractivity contribution in [1.29, 1.82) is 0 Å². The Labute approximate surface area is 96.5 Å². The van der Waals surface area contributed by atoms with E-state index in [-0.39, 0.29) is 11.1 Å². The lowest BCUT2D eigenvalue weighted by Gasteiger charge is -2.08. The fourth-order valence-electron chi connectivity index (χ4n) is 1.90. The van der Waals surface area contributed by atoms with Gasteiger partial charge in [-0.1, -0.05) is 0 Å². The molecule has 2 atom stereocenters. The summed E-state index contributed by atoms with van der Waals surface area (Å²) in [6, 6.07) is 0. The first-order valence-electron chi connectivity index (χ1n) is 5.17. The second-order valence-electron chi connectivity index (χ2n) is 3.97. The van der Waals surface area contributed by atoms with Crippen LogP contribution in [0, 0.1) is 16.0 Å². The lowest BCUT2D eigenvalue weighted by Crippen LogP contribution is -2.12. The number of nitrogens with zero attached hydrogens (tertiary/aromatic N) is 2. The summed E-state index contributed by atoms with van der Waals surface area (Å²) in [7, 11) is 0. The highest BCUT2D eigenvalue weighted by molar-refractivity contribution is 7.18. The molecule has 1 fully saturated rings. The van der Waals surface area contributed by atoms with E-state index in [0.717, 1.165) is 37.1 Å². The molecule has 6 nitrogen and oxygen atoms in total. The number of thiazole rings is 1. The molecule has 88 valence electrons. The Kier molecular flexibility index (Phi) is 3.35. The molecule has 7 heteroatoms. The van der Waals surface area contributed by atoms with Crippen LogP contribution in [0.2, 0.25) is 0 Å². The third kappa shape index (κ3) is 2.67. The third-order valence-electron chi connectivity index (χ3n) is 2.73. The number of hydrogen-bond donors (Lipinski definition) is 2. The van der Waals surface area contributed by atoms with Crippen molar-refractivity contribution >= 4 is 21.5 Å². The minimum Gasteiger partial charge on any atom is -0.393 e. The highest BCUT2D eigenvalue weighted by atomic mass is 32.1. The lowest BCUT2D eigenvalue weighted by molar-refractivity contribution is -0.380. The van der Waals surface area contributed by atoms with Crippen molar-refractivity contribution in [2.75, 3.05) is 11.9 Å². The van der Waals surface area contributed by atoms with Crippen molar-refractivity contribution in [3.05, 3.63) is 16.3 Å². The summed E-state index contributed by atoms with van der Waals surface area (Å²) < 4.78 is 0. The van der Waals surface area contributed by atoms with Crippen LogP contribution in [0.1, 0.15) is 19.3 Å². The van der Waals surface area contributed by atoms with E-state index in [2.05, 4.69) is 10.3 Å². The van der Waals surface area contributed by atoms with Gasteiger partial charge in [-0.2, -0.15) is 0 Å². The van der Waals surface area contributed by atoms with Gasteiger partial charge in [-0.15, -0.1) is 0 Å². The van der Waals surface area contributed by atoms with Gasteiger partial charge in [-0.05, 0) is 36.5 Å². The fraction of sp³-hybridized carbons (Fsp3) is 0.667. The molecule has 0 radical (unpaired) electrons. The van der Waals surface area contributed by atoms with Crippen LogP contribution in [0.15, 0.2) is 6.20 Å². The topological polar surface area (TPSA) is 88.3 Å². The van der Waals surface area contributed by atoms with Crippen molar-refractivity contribution in [3.63, 3.8) is 0 Å². The zero-order valence-electron chi connectivity index (χ0n) is 8.63. The summed E-state index contributed by atoms with van der Waals surface area (Å²) in [6.07, 6.45) is 3.74. The molecule has 2 rings (SSSR count). The highest BCUT2D eigenvalue weighted by Gasteiger charge is 2.22. The maximum absolute atomic E-state index is 10.4. The monoisotopic (exact) mass is 243 g/mol. The molecular weight excluding hydrogens is 230 g/mol. The van der Waals surface area contributed by atoms with E-state index >= 15 is 0 Å². The minimum absolute atomic E-state index is 0.0500. The van der Waals surface area contributed by atoms with E-state index in [1.165, 1.54) is 6.20 Å². The molecule has 2 N–H and O–H groups in total. The second-order valence-corrected chi connectivity index (χ2v) is 4.98. The maximum atomic E-state index is 10.4. The Bertz CT molecular complexity index is 382. The predicted molar refractivity (Wildman–Crippen MR) is 60.6 cm³/mol. The van der Waals surface area contributed by atoms with Gasteiger partial charge < -0.3 is 10.4 Å². The first-order valence-corrected chi connectivity index (χ1v) is 5.99. The van der Waals surface area contributed by atoms with Gasteiger partial charge in [0.1, 0.15) is 6.20 Å². The van der Waals surface area contributed by atoms with Gasteiger partial charge in [0.05, 0.1) is 11.0 Å². The van der Waals surface area contributed by atoms with Gasteiger partial charge in [0.15, 0.2) is 5.13 Å².